The zero-order chi connectivity index (χ0) is 21.6. The van der Waals surface area contributed by atoms with Crippen molar-refractivity contribution in [3.05, 3.63) is 0 Å². The first kappa shape index (κ1) is 24.1. The Labute approximate surface area is 181 Å². The molecule has 2 aliphatic rings. The van der Waals surface area contributed by atoms with Gasteiger partial charge >= 0.3 is 0 Å². The molecule has 2 atom stereocenters. The maximum atomic E-state index is 13.3. The second-order valence-corrected chi connectivity index (χ2v) is 10.3. The molecule has 166 valence electrons. The van der Waals surface area contributed by atoms with Crippen LogP contribution in [0, 0.1) is 17.3 Å². The van der Waals surface area contributed by atoms with Crippen molar-refractivity contribution in [2.75, 3.05) is 19.6 Å². The van der Waals surface area contributed by atoms with Crippen molar-refractivity contribution in [2.45, 2.75) is 84.7 Å². The van der Waals surface area contributed by atoms with E-state index in [1.54, 1.807) is 0 Å². The Balaban J connectivity index is 1.87. The van der Waals surface area contributed by atoms with Crippen LogP contribution in [0.2, 0.25) is 0 Å². The second-order valence-electron chi connectivity index (χ2n) is 9.82. The van der Waals surface area contributed by atoms with Crippen molar-refractivity contribution in [3.8, 4) is 0 Å². The van der Waals surface area contributed by atoms with Gasteiger partial charge in [0.2, 0.25) is 11.8 Å². The quantitative estimate of drug-likeness (QED) is 0.495. The summed E-state index contributed by atoms with van der Waals surface area (Å²) in [4.78, 5) is 28.2. The van der Waals surface area contributed by atoms with Gasteiger partial charge in [-0.1, -0.05) is 59.2 Å². The lowest BCUT2D eigenvalue weighted by molar-refractivity contribution is -0.137. The van der Waals surface area contributed by atoms with Crippen LogP contribution in [0.15, 0.2) is 0 Å². The summed E-state index contributed by atoms with van der Waals surface area (Å²) in [7, 11) is 0. The molecule has 6 nitrogen and oxygen atoms in total. The SMILES string of the molecule is CCCC[C@H]1C[C@H](C(=O)NC[C@H]2CCCN2C(=O)[C@@H](NC(=S)CN)C(C)(C)C)C1. The Morgan fingerprint density at radius 3 is 2.55 bits per heavy atom. The van der Waals surface area contributed by atoms with E-state index in [1.807, 2.05) is 25.7 Å². The van der Waals surface area contributed by atoms with E-state index in [0.29, 0.717) is 11.5 Å². The second kappa shape index (κ2) is 10.7. The van der Waals surface area contributed by atoms with Crippen LogP contribution in [0.4, 0.5) is 0 Å². The molecule has 0 aromatic carbocycles. The molecular formula is C22H40N4O2S. The van der Waals surface area contributed by atoms with Crippen molar-refractivity contribution >= 4 is 29.0 Å². The molecule has 0 aromatic heterocycles. The van der Waals surface area contributed by atoms with E-state index < -0.39 is 6.04 Å². The summed E-state index contributed by atoms with van der Waals surface area (Å²) in [6, 6.07) is -0.360. The third kappa shape index (κ3) is 6.64. The van der Waals surface area contributed by atoms with Gasteiger partial charge in [-0.05, 0) is 37.0 Å². The van der Waals surface area contributed by atoms with Gasteiger partial charge in [-0.15, -0.1) is 0 Å². The number of carbonyl (C=O) groups is 2. The van der Waals surface area contributed by atoms with Gasteiger partial charge in [0.15, 0.2) is 0 Å². The molecule has 2 fully saturated rings. The number of thiocarbonyl (C=S) groups is 1. The minimum Gasteiger partial charge on any atom is -0.367 e. The van der Waals surface area contributed by atoms with Crippen molar-refractivity contribution < 1.29 is 9.59 Å². The third-order valence-electron chi connectivity index (χ3n) is 6.35. The van der Waals surface area contributed by atoms with Gasteiger partial charge in [0, 0.05) is 31.6 Å². The van der Waals surface area contributed by atoms with E-state index >= 15 is 0 Å². The number of likely N-dealkylation sites (tertiary alicyclic amines) is 1. The van der Waals surface area contributed by atoms with Crippen molar-refractivity contribution in [1.29, 1.82) is 0 Å². The van der Waals surface area contributed by atoms with E-state index in [4.69, 9.17) is 18.0 Å². The summed E-state index contributed by atoms with van der Waals surface area (Å²) in [6.07, 6.45) is 7.66. The number of amides is 2. The minimum absolute atomic E-state index is 0.0494. The van der Waals surface area contributed by atoms with Gasteiger partial charge < -0.3 is 21.3 Å². The number of nitrogens with one attached hydrogen (secondary N) is 2. The number of unbranched alkanes of at least 4 members (excludes halogenated alkanes) is 1. The summed E-state index contributed by atoms with van der Waals surface area (Å²) in [5.41, 5.74) is 5.35. The highest BCUT2D eigenvalue weighted by Gasteiger charge is 2.40. The smallest absolute Gasteiger partial charge is 0.245 e. The standard InChI is InChI=1S/C22H40N4O2S/c1-5-6-8-15-11-16(12-15)20(27)24-14-17-9-7-10-26(17)21(28)19(22(2,3)4)25-18(29)13-23/h15-17,19H,5-14,23H2,1-4H3,(H,24,27)(H,25,29)/t15-,16-,17-,19-/m1/s1. The van der Waals surface area contributed by atoms with Crippen LogP contribution in [-0.2, 0) is 9.59 Å². The summed E-state index contributed by atoms with van der Waals surface area (Å²) < 4.78 is 0. The molecule has 0 radical (unpaired) electrons. The van der Waals surface area contributed by atoms with E-state index in [0.717, 1.165) is 38.1 Å². The highest BCUT2D eigenvalue weighted by Crippen LogP contribution is 2.37. The molecule has 0 unspecified atom stereocenters. The fourth-order valence-corrected chi connectivity index (χ4v) is 4.53. The number of hydrogen-bond donors (Lipinski definition) is 3. The molecule has 1 aliphatic carbocycles. The van der Waals surface area contributed by atoms with Gasteiger partial charge in [0.25, 0.3) is 0 Å². The first-order chi connectivity index (χ1) is 13.7. The molecule has 0 bridgehead atoms. The summed E-state index contributed by atoms with van der Waals surface area (Å²) in [5.74, 6) is 1.09. The molecule has 29 heavy (non-hydrogen) atoms. The largest absolute Gasteiger partial charge is 0.367 e. The van der Waals surface area contributed by atoms with Crippen molar-refractivity contribution in [3.63, 3.8) is 0 Å². The summed E-state index contributed by atoms with van der Waals surface area (Å²) >= 11 is 5.23. The lowest BCUT2D eigenvalue weighted by Crippen LogP contribution is -2.57. The van der Waals surface area contributed by atoms with Crippen LogP contribution in [0.3, 0.4) is 0 Å². The summed E-state index contributed by atoms with van der Waals surface area (Å²) in [5, 5.41) is 6.27. The predicted octanol–water partition coefficient (Wildman–Crippen LogP) is 2.60. The fraction of sp³-hybridized carbons (Fsp3) is 0.864. The highest BCUT2D eigenvalue weighted by molar-refractivity contribution is 7.80. The van der Waals surface area contributed by atoms with Crippen LogP contribution < -0.4 is 16.4 Å². The Kier molecular flexibility index (Phi) is 8.89. The molecule has 1 aliphatic heterocycles. The monoisotopic (exact) mass is 424 g/mol. The van der Waals surface area contributed by atoms with E-state index in [-0.39, 0.29) is 35.7 Å². The molecule has 7 heteroatoms. The molecule has 2 rings (SSSR count). The van der Waals surface area contributed by atoms with Gasteiger partial charge in [-0.2, -0.15) is 0 Å². The molecule has 2 amide bonds. The van der Waals surface area contributed by atoms with Crippen LogP contribution in [0.25, 0.3) is 0 Å². The molecule has 0 spiro atoms. The van der Waals surface area contributed by atoms with Gasteiger partial charge in [0.1, 0.15) is 6.04 Å². The summed E-state index contributed by atoms with van der Waals surface area (Å²) in [6.45, 7) is 9.79. The zero-order valence-corrected chi connectivity index (χ0v) is 19.4. The number of hydrogen-bond acceptors (Lipinski definition) is 4. The Morgan fingerprint density at radius 2 is 1.97 bits per heavy atom. The molecule has 1 saturated carbocycles. The van der Waals surface area contributed by atoms with Crippen LogP contribution in [0.1, 0.15) is 72.6 Å². The van der Waals surface area contributed by atoms with Crippen LogP contribution in [0.5, 0.6) is 0 Å². The molecule has 4 N–H and O–H groups in total. The normalized spacial score (nSPS) is 25.3. The zero-order valence-electron chi connectivity index (χ0n) is 18.6. The molecule has 1 saturated heterocycles. The van der Waals surface area contributed by atoms with E-state index in [1.165, 1.54) is 19.3 Å². The predicted molar refractivity (Wildman–Crippen MR) is 122 cm³/mol. The van der Waals surface area contributed by atoms with E-state index in [9.17, 15) is 9.59 Å². The molecular weight excluding hydrogens is 384 g/mol. The van der Waals surface area contributed by atoms with Crippen molar-refractivity contribution in [2.24, 2.45) is 23.0 Å². The average Bonchev–Trinajstić information content (AvgIpc) is 3.10. The Morgan fingerprint density at radius 1 is 1.28 bits per heavy atom. The first-order valence-corrected chi connectivity index (χ1v) is 11.7. The third-order valence-corrected chi connectivity index (χ3v) is 6.63. The number of nitrogens with two attached hydrogens (primary N) is 1. The van der Waals surface area contributed by atoms with Gasteiger partial charge in [-0.3, -0.25) is 9.59 Å². The number of carbonyl (C=O) groups excluding carboxylic acids is 2. The maximum Gasteiger partial charge on any atom is 0.245 e. The van der Waals surface area contributed by atoms with Crippen LogP contribution in [-0.4, -0.2) is 53.4 Å². The van der Waals surface area contributed by atoms with Gasteiger partial charge in [0.05, 0.1) is 4.99 Å². The Hall–Kier alpha value is -1.21. The molecule has 1 heterocycles. The highest BCUT2D eigenvalue weighted by atomic mass is 32.1. The lowest BCUT2D eigenvalue weighted by Gasteiger charge is -2.37. The molecule has 0 aromatic rings. The number of nitrogens with zero attached hydrogens (tertiary/aromatic N) is 1. The average molecular weight is 425 g/mol. The fourth-order valence-electron chi connectivity index (χ4n) is 4.41. The van der Waals surface area contributed by atoms with E-state index in [2.05, 4.69) is 17.6 Å². The first-order valence-electron chi connectivity index (χ1n) is 11.2. The lowest BCUT2D eigenvalue weighted by atomic mass is 9.72. The van der Waals surface area contributed by atoms with Crippen molar-refractivity contribution in [1.82, 2.24) is 15.5 Å². The van der Waals surface area contributed by atoms with Crippen LogP contribution >= 0.6 is 12.2 Å². The topological polar surface area (TPSA) is 87.5 Å². The Bertz CT molecular complexity index is 584. The minimum atomic E-state index is -0.416. The van der Waals surface area contributed by atoms with Gasteiger partial charge in [-0.25, -0.2) is 0 Å². The maximum absolute atomic E-state index is 13.3. The number of rotatable bonds is 9.